The molecule has 26 heavy (non-hydrogen) atoms. The molecule has 0 aliphatic carbocycles. The van der Waals surface area contributed by atoms with E-state index in [-0.39, 0.29) is 5.56 Å². The van der Waals surface area contributed by atoms with Gasteiger partial charge >= 0.3 is 13.3 Å². The molecule has 0 bridgehead atoms. The zero-order chi connectivity index (χ0) is 19.3. The number of rotatable bonds is 3. The van der Waals surface area contributed by atoms with E-state index in [4.69, 9.17) is 9.31 Å². The lowest BCUT2D eigenvalue weighted by Crippen LogP contribution is -2.41. The zero-order valence-electron chi connectivity index (χ0n) is 14.8. The highest BCUT2D eigenvalue weighted by Crippen LogP contribution is 2.38. The van der Waals surface area contributed by atoms with E-state index in [2.05, 4.69) is 5.10 Å². The molecule has 0 unspecified atom stereocenters. The lowest BCUT2D eigenvalue weighted by Gasteiger charge is -2.32. The van der Waals surface area contributed by atoms with E-state index in [1.807, 2.05) is 27.7 Å². The van der Waals surface area contributed by atoms with E-state index in [1.165, 1.54) is 12.4 Å². The van der Waals surface area contributed by atoms with Crippen LogP contribution >= 0.6 is 0 Å². The molecule has 140 valence electrons. The summed E-state index contributed by atoms with van der Waals surface area (Å²) in [5.41, 5.74) is -0.942. The summed E-state index contributed by atoms with van der Waals surface area (Å²) in [7, 11) is -0.809. The van der Waals surface area contributed by atoms with Gasteiger partial charge in [-0.1, -0.05) is 12.1 Å². The SMILES string of the molecule is CC1(C)OB(c2cnn([C@H](c3ccc(F)cc3)C(F)(F)F)c2)OC1(C)C. The van der Waals surface area contributed by atoms with Crippen LogP contribution < -0.4 is 5.46 Å². The molecule has 2 heterocycles. The molecule has 0 radical (unpaired) electrons. The first-order chi connectivity index (χ1) is 11.9. The fourth-order valence-corrected chi connectivity index (χ4v) is 2.73. The number of nitrogens with zero attached hydrogens (tertiary/aromatic N) is 2. The summed E-state index contributed by atoms with van der Waals surface area (Å²) < 4.78 is 66.4. The standard InChI is InChI=1S/C17H19BF4N2O2/c1-15(2)16(3,4)26-18(25-15)12-9-23-24(10-12)14(17(20,21)22)11-5-7-13(19)8-6-11/h5-10,14H,1-4H3/t14-/m1/s1. The Hall–Kier alpha value is -1.87. The third kappa shape index (κ3) is 3.37. The Balaban J connectivity index is 1.93. The van der Waals surface area contributed by atoms with Crippen LogP contribution in [0.1, 0.15) is 39.3 Å². The summed E-state index contributed by atoms with van der Waals surface area (Å²) in [6.45, 7) is 7.42. The normalized spacial score (nSPS) is 20.4. The first-order valence-corrected chi connectivity index (χ1v) is 8.12. The van der Waals surface area contributed by atoms with Crippen LogP contribution in [0.2, 0.25) is 0 Å². The maximum Gasteiger partial charge on any atom is 0.498 e. The summed E-state index contributed by atoms with van der Waals surface area (Å²) in [6.07, 6.45) is -2.05. The average Bonchev–Trinajstić information content (AvgIpc) is 3.03. The van der Waals surface area contributed by atoms with Gasteiger partial charge in [0.2, 0.25) is 0 Å². The van der Waals surface area contributed by atoms with Crippen LogP contribution in [0.4, 0.5) is 17.6 Å². The highest BCUT2D eigenvalue weighted by Gasteiger charge is 2.52. The van der Waals surface area contributed by atoms with E-state index >= 15 is 0 Å². The van der Waals surface area contributed by atoms with Gasteiger partial charge in [0.1, 0.15) is 5.82 Å². The fraction of sp³-hybridized carbons (Fsp3) is 0.471. The summed E-state index contributed by atoms with van der Waals surface area (Å²) in [4.78, 5) is 0. The van der Waals surface area contributed by atoms with Gasteiger partial charge in [-0.05, 0) is 45.4 Å². The van der Waals surface area contributed by atoms with E-state index in [1.54, 1.807) is 0 Å². The maximum absolute atomic E-state index is 13.6. The Bertz CT molecular complexity index is 771. The molecule has 1 atom stereocenters. The minimum atomic E-state index is -4.60. The minimum absolute atomic E-state index is 0.109. The molecule has 1 aromatic carbocycles. The molecule has 0 amide bonds. The quantitative estimate of drug-likeness (QED) is 0.613. The van der Waals surface area contributed by atoms with Crippen LogP contribution in [-0.2, 0) is 9.31 Å². The van der Waals surface area contributed by atoms with Crippen LogP contribution in [-0.4, -0.2) is 34.3 Å². The molecule has 1 saturated heterocycles. The van der Waals surface area contributed by atoms with Gasteiger partial charge in [-0.3, -0.25) is 4.68 Å². The summed E-state index contributed by atoms with van der Waals surface area (Å²) in [5, 5.41) is 3.86. The molecule has 0 saturated carbocycles. The van der Waals surface area contributed by atoms with Gasteiger partial charge in [0.05, 0.1) is 11.2 Å². The van der Waals surface area contributed by atoms with Crippen molar-refractivity contribution in [2.75, 3.05) is 0 Å². The molecular formula is C17H19BF4N2O2. The first kappa shape index (κ1) is 18.9. The largest absolute Gasteiger partial charge is 0.498 e. The predicted octanol–water partition coefficient (Wildman–Crippen LogP) is 3.47. The average molecular weight is 370 g/mol. The first-order valence-electron chi connectivity index (χ1n) is 8.12. The van der Waals surface area contributed by atoms with Crippen LogP contribution in [0.15, 0.2) is 36.7 Å². The van der Waals surface area contributed by atoms with Crippen molar-refractivity contribution in [3.8, 4) is 0 Å². The number of hydrogen-bond donors (Lipinski definition) is 0. The van der Waals surface area contributed by atoms with E-state index < -0.39 is 36.4 Å². The Morgan fingerprint density at radius 2 is 1.58 bits per heavy atom. The van der Waals surface area contributed by atoms with Crippen molar-refractivity contribution < 1.29 is 26.9 Å². The molecule has 0 spiro atoms. The van der Waals surface area contributed by atoms with Gasteiger partial charge in [-0.25, -0.2) is 4.39 Å². The smallest absolute Gasteiger partial charge is 0.399 e. The van der Waals surface area contributed by atoms with Crippen molar-refractivity contribution in [3.63, 3.8) is 0 Å². The van der Waals surface area contributed by atoms with Crippen LogP contribution in [0.25, 0.3) is 0 Å². The summed E-state index contributed by atoms with van der Waals surface area (Å²) in [6, 6.07) is 2.16. The third-order valence-electron chi connectivity index (χ3n) is 4.91. The second kappa shape index (κ2) is 6.09. The van der Waals surface area contributed by atoms with Crippen molar-refractivity contribution in [3.05, 3.63) is 48.0 Å². The summed E-state index contributed by atoms with van der Waals surface area (Å²) in [5.74, 6) is -0.604. The molecular weight excluding hydrogens is 351 g/mol. The molecule has 1 aliphatic rings. The Labute approximate surface area is 149 Å². The second-order valence-electron chi connectivity index (χ2n) is 7.34. The third-order valence-corrected chi connectivity index (χ3v) is 4.91. The van der Waals surface area contributed by atoms with Gasteiger partial charge in [0.15, 0.2) is 6.04 Å². The molecule has 2 aromatic rings. The topological polar surface area (TPSA) is 36.3 Å². The molecule has 3 rings (SSSR count). The van der Waals surface area contributed by atoms with Crippen LogP contribution in [0.3, 0.4) is 0 Å². The van der Waals surface area contributed by atoms with Crippen molar-refractivity contribution in [1.82, 2.24) is 9.78 Å². The van der Waals surface area contributed by atoms with E-state index in [9.17, 15) is 17.6 Å². The number of alkyl halides is 3. The zero-order valence-corrected chi connectivity index (χ0v) is 14.8. The second-order valence-corrected chi connectivity index (χ2v) is 7.34. The van der Waals surface area contributed by atoms with Crippen LogP contribution in [0, 0.1) is 5.82 Å². The minimum Gasteiger partial charge on any atom is -0.399 e. The molecule has 1 aromatic heterocycles. The van der Waals surface area contributed by atoms with Gasteiger partial charge in [0, 0.05) is 17.9 Å². The number of benzene rings is 1. The van der Waals surface area contributed by atoms with Gasteiger partial charge in [-0.15, -0.1) is 0 Å². The van der Waals surface area contributed by atoms with Gasteiger partial charge < -0.3 is 9.31 Å². The predicted molar refractivity (Wildman–Crippen MR) is 88.5 cm³/mol. The Kier molecular flexibility index (Phi) is 4.43. The Morgan fingerprint density at radius 3 is 2.08 bits per heavy atom. The lowest BCUT2D eigenvalue weighted by molar-refractivity contribution is -0.159. The molecule has 4 nitrogen and oxygen atoms in total. The monoisotopic (exact) mass is 370 g/mol. The van der Waals surface area contributed by atoms with Crippen LogP contribution in [0.5, 0.6) is 0 Å². The van der Waals surface area contributed by atoms with E-state index in [0.29, 0.717) is 5.46 Å². The molecule has 1 fully saturated rings. The molecule has 1 aliphatic heterocycles. The summed E-state index contributed by atoms with van der Waals surface area (Å²) >= 11 is 0. The molecule has 9 heteroatoms. The highest BCUT2D eigenvalue weighted by atomic mass is 19.4. The van der Waals surface area contributed by atoms with Crippen molar-refractivity contribution in [1.29, 1.82) is 0 Å². The lowest BCUT2D eigenvalue weighted by atomic mass is 9.82. The van der Waals surface area contributed by atoms with Crippen molar-refractivity contribution >= 4 is 12.6 Å². The number of halogens is 4. The van der Waals surface area contributed by atoms with Crippen molar-refractivity contribution in [2.24, 2.45) is 0 Å². The number of hydrogen-bond acceptors (Lipinski definition) is 3. The maximum atomic E-state index is 13.6. The van der Waals surface area contributed by atoms with E-state index in [0.717, 1.165) is 28.9 Å². The molecule has 0 N–H and O–H groups in total. The van der Waals surface area contributed by atoms with Gasteiger partial charge in [-0.2, -0.15) is 18.3 Å². The number of aromatic nitrogens is 2. The van der Waals surface area contributed by atoms with Gasteiger partial charge in [0.25, 0.3) is 0 Å². The Morgan fingerprint density at radius 1 is 1.04 bits per heavy atom. The highest BCUT2D eigenvalue weighted by molar-refractivity contribution is 6.62. The van der Waals surface area contributed by atoms with Crippen molar-refractivity contribution in [2.45, 2.75) is 51.1 Å². The fourth-order valence-electron chi connectivity index (χ4n) is 2.73.